The number of hydrogen-bond donors (Lipinski definition) is 2. The summed E-state index contributed by atoms with van der Waals surface area (Å²) in [6, 6.07) is 8.16. The fourth-order valence-electron chi connectivity index (χ4n) is 3.04. The van der Waals surface area contributed by atoms with Gasteiger partial charge < -0.3 is 29.7 Å². The van der Waals surface area contributed by atoms with Crippen molar-refractivity contribution in [3.63, 3.8) is 0 Å². The smallest absolute Gasteiger partial charge is 0.405 e. The van der Waals surface area contributed by atoms with E-state index in [0.29, 0.717) is 17.1 Å². The van der Waals surface area contributed by atoms with E-state index in [1.54, 1.807) is 18.2 Å². The third kappa shape index (κ3) is 5.20. The maximum Gasteiger partial charge on any atom is 0.405 e. The van der Waals surface area contributed by atoms with Crippen LogP contribution in [-0.4, -0.2) is 31.2 Å². The molecule has 2 amide bonds. The molecular formula is C22H21F2N3O6. The van der Waals surface area contributed by atoms with Crippen molar-refractivity contribution in [2.75, 3.05) is 14.2 Å². The largest absolute Gasteiger partial charge is 0.493 e. The van der Waals surface area contributed by atoms with Crippen molar-refractivity contribution in [3.8, 4) is 23.0 Å². The van der Waals surface area contributed by atoms with Gasteiger partial charge in [-0.05, 0) is 37.3 Å². The minimum atomic E-state index is -1.09. The highest BCUT2D eigenvalue weighted by atomic mass is 19.1. The Bertz CT molecular complexity index is 1160. The lowest BCUT2D eigenvalue weighted by molar-refractivity contribution is 0.0904. The fraction of sp³-hybridized carbons (Fsp3) is 0.227. The number of methoxy groups -OCH3 is 2. The summed E-state index contributed by atoms with van der Waals surface area (Å²) in [7, 11) is 2.93. The predicted molar refractivity (Wildman–Crippen MR) is 112 cm³/mol. The summed E-state index contributed by atoms with van der Waals surface area (Å²) in [6.45, 7) is 0.983. The van der Waals surface area contributed by atoms with E-state index in [1.807, 2.05) is 0 Å². The average molecular weight is 461 g/mol. The third-order valence-electron chi connectivity index (χ3n) is 4.65. The summed E-state index contributed by atoms with van der Waals surface area (Å²) in [5, 5.41) is 2.39. The van der Waals surface area contributed by atoms with Crippen molar-refractivity contribution in [2.45, 2.75) is 19.6 Å². The van der Waals surface area contributed by atoms with E-state index in [0.717, 1.165) is 12.1 Å². The number of halogens is 2. The molecule has 1 atom stereocenters. The van der Waals surface area contributed by atoms with Gasteiger partial charge in [-0.3, -0.25) is 4.79 Å². The minimum Gasteiger partial charge on any atom is -0.493 e. The lowest BCUT2D eigenvalue weighted by Crippen LogP contribution is -2.26. The number of hydrogen-bond acceptors (Lipinski definition) is 7. The van der Waals surface area contributed by atoms with Crippen LogP contribution in [0.4, 0.5) is 13.6 Å². The van der Waals surface area contributed by atoms with Crippen LogP contribution in [0, 0.1) is 11.6 Å². The zero-order valence-electron chi connectivity index (χ0n) is 18.0. The molecule has 1 unspecified atom stereocenters. The molecule has 1 heterocycles. The van der Waals surface area contributed by atoms with E-state index in [-0.39, 0.29) is 22.9 Å². The normalized spacial score (nSPS) is 11.5. The monoisotopic (exact) mass is 461 g/mol. The number of benzene rings is 2. The van der Waals surface area contributed by atoms with Crippen LogP contribution in [0.2, 0.25) is 0 Å². The first kappa shape index (κ1) is 23.5. The maximum atomic E-state index is 13.9. The van der Waals surface area contributed by atoms with E-state index < -0.39 is 36.3 Å². The maximum absolute atomic E-state index is 13.9. The summed E-state index contributed by atoms with van der Waals surface area (Å²) in [5.41, 5.74) is 4.94. The molecule has 0 radical (unpaired) electrons. The zero-order valence-corrected chi connectivity index (χ0v) is 18.0. The first-order valence-corrected chi connectivity index (χ1v) is 9.65. The molecule has 3 rings (SSSR count). The Labute approximate surface area is 187 Å². The lowest BCUT2D eigenvalue weighted by Gasteiger charge is -2.10. The first-order valence-electron chi connectivity index (χ1n) is 9.65. The van der Waals surface area contributed by atoms with Crippen molar-refractivity contribution in [1.29, 1.82) is 0 Å². The number of oxazole rings is 1. The second kappa shape index (κ2) is 9.98. The molecule has 0 saturated heterocycles. The first-order chi connectivity index (χ1) is 15.7. The molecule has 0 aliphatic rings. The number of carbonyl (C=O) groups excluding carboxylic acids is 2. The Kier molecular flexibility index (Phi) is 7.11. The molecule has 2 aromatic carbocycles. The van der Waals surface area contributed by atoms with Gasteiger partial charge in [-0.2, -0.15) is 0 Å². The highest BCUT2D eigenvalue weighted by Crippen LogP contribution is 2.34. The molecular weight excluding hydrogens is 440 g/mol. The van der Waals surface area contributed by atoms with Crippen LogP contribution in [0.25, 0.3) is 11.5 Å². The quantitative estimate of drug-likeness (QED) is 0.524. The van der Waals surface area contributed by atoms with Crippen molar-refractivity contribution < 1.29 is 37.0 Å². The highest BCUT2D eigenvalue weighted by Gasteiger charge is 2.27. The molecule has 9 nitrogen and oxygen atoms in total. The molecule has 3 N–H and O–H groups in total. The second-order valence-electron chi connectivity index (χ2n) is 6.76. The molecule has 33 heavy (non-hydrogen) atoms. The predicted octanol–water partition coefficient (Wildman–Crippen LogP) is 3.72. The van der Waals surface area contributed by atoms with Crippen LogP contribution >= 0.6 is 0 Å². The fourth-order valence-corrected chi connectivity index (χ4v) is 3.04. The molecule has 3 aromatic rings. The van der Waals surface area contributed by atoms with Crippen molar-refractivity contribution in [2.24, 2.45) is 5.73 Å². The Balaban J connectivity index is 1.96. The van der Waals surface area contributed by atoms with Gasteiger partial charge in [0.2, 0.25) is 5.89 Å². The van der Waals surface area contributed by atoms with Crippen LogP contribution in [-0.2, 0) is 11.3 Å². The lowest BCUT2D eigenvalue weighted by atomic mass is 10.2. The number of primary amides is 1. The van der Waals surface area contributed by atoms with Crippen molar-refractivity contribution in [3.05, 3.63) is 65.1 Å². The Morgan fingerprint density at radius 2 is 1.79 bits per heavy atom. The molecule has 174 valence electrons. The zero-order chi connectivity index (χ0) is 24.1. The van der Waals surface area contributed by atoms with Crippen molar-refractivity contribution in [1.82, 2.24) is 10.3 Å². The van der Waals surface area contributed by atoms with Gasteiger partial charge in [0.1, 0.15) is 11.6 Å². The number of nitrogens with two attached hydrogens (primary N) is 1. The van der Waals surface area contributed by atoms with Gasteiger partial charge in [0.05, 0.1) is 14.2 Å². The number of ether oxygens (including phenoxy) is 3. The summed E-state index contributed by atoms with van der Waals surface area (Å²) in [4.78, 5) is 28.2. The molecule has 0 aliphatic heterocycles. The van der Waals surface area contributed by atoms with Crippen LogP contribution in [0.3, 0.4) is 0 Å². The molecule has 0 spiro atoms. The van der Waals surface area contributed by atoms with Gasteiger partial charge in [0, 0.05) is 17.7 Å². The average Bonchev–Trinajstić information content (AvgIpc) is 3.23. The molecule has 11 heteroatoms. The van der Waals surface area contributed by atoms with Crippen LogP contribution in [0.1, 0.15) is 34.8 Å². The SMILES string of the molecule is COc1ccc(-c2nc(C(=O)NCc3c(F)cccc3F)c(C(C)OC(N)=O)o2)cc1OC. The standard InChI is InChI=1S/C22H21F2N3O6/c1-11(32-22(25)29)19-18(20(28)26-10-13-14(23)5-4-6-15(13)24)27-21(33-19)12-7-8-16(30-2)17(9-12)31-3/h4-9,11H,10H2,1-3H3,(H2,25,29)(H,26,28). The summed E-state index contributed by atoms with van der Waals surface area (Å²) < 4.78 is 48.9. The second-order valence-corrected chi connectivity index (χ2v) is 6.76. The number of rotatable bonds is 8. The van der Waals surface area contributed by atoms with Crippen LogP contribution < -0.4 is 20.5 Å². The van der Waals surface area contributed by atoms with Crippen molar-refractivity contribution >= 4 is 12.0 Å². The van der Waals surface area contributed by atoms with Crippen LogP contribution in [0.5, 0.6) is 11.5 Å². The Morgan fingerprint density at radius 3 is 2.39 bits per heavy atom. The number of nitrogens with zero attached hydrogens (tertiary/aromatic N) is 1. The molecule has 0 aliphatic carbocycles. The number of aromatic nitrogens is 1. The molecule has 0 bridgehead atoms. The van der Waals surface area contributed by atoms with Gasteiger partial charge in [-0.25, -0.2) is 18.6 Å². The summed E-state index contributed by atoms with van der Waals surface area (Å²) >= 11 is 0. The summed E-state index contributed by atoms with van der Waals surface area (Å²) in [6.07, 6.45) is -2.17. The van der Waals surface area contributed by atoms with E-state index >= 15 is 0 Å². The Morgan fingerprint density at radius 1 is 1.12 bits per heavy atom. The number of amides is 2. The van der Waals surface area contributed by atoms with Gasteiger partial charge in [0.15, 0.2) is 29.1 Å². The van der Waals surface area contributed by atoms with E-state index in [4.69, 9.17) is 24.4 Å². The van der Waals surface area contributed by atoms with E-state index in [9.17, 15) is 18.4 Å². The molecule has 0 saturated carbocycles. The Hall–Kier alpha value is -4.15. The molecule has 0 fully saturated rings. The van der Waals surface area contributed by atoms with Gasteiger partial charge >= 0.3 is 6.09 Å². The van der Waals surface area contributed by atoms with E-state index in [1.165, 1.54) is 27.2 Å². The van der Waals surface area contributed by atoms with Gasteiger partial charge in [-0.15, -0.1) is 0 Å². The van der Waals surface area contributed by atoms with E-state index in [2.05, 4.69) is 10.3 Å². The number of carbonyl (C=O) groups is 2. The highest BCUT2D eigenvalue weighted by molar-refractivity contribution is 5.94. The topological polar surface area (TPSA) is 126 Å². The minimum absolute atomic E-state index is 0.00750. The van der Waals surface area contributed by atoms with Gasteiger partial charge in [-0.1, -0.05) is 6.07 Å². The number of nitrogens with one attached hydrogen (secondary N) is 1. The van der Waals surface area contributed by atoms with Crippen LogP contribution in [0.15, 0.2) is 40.8 Å². The third-order valence-corrected chi connectivity index (χ3v) is 4.65. The molecule has 1 aromatic heterocycles. The van der Waals surface area contributed by atoms with Gasteiger partial charge in [0.25, 0.3) is 5.91 Å². The summed E-state index contributed by atoms with van der Waals surface area (Å²) in [5.74, 6) is -1.68.